The van der Waals surface area contributed by atoms with Crippen LogP contribution >= 0.6 is 23.2 Å². The molecule has 27 heavy (non-hydrogen) atoms. The molecule has 0 radical (unpaired) electrons. The predicted octanol–water partition coefficient (Wildman–Crippen LogP) is 4.75. The Morgan fingerprint density at radius 1 is 1.44 bits per heavy atom. The molecule has 0 saturated carbocycles. The third kappa shape index (κ3) is 3.52. The van der Waals surface area contributed by atoms with E-state index in [4.69, 9.17) is 38.1 Å². The number of anilines is 1. The van der Waals surface area contributed by atoms with Gasteiger partial charge < -0.3 is 20.2 Å². The van der Waals surface area contributed by atoms with E-state index in [0.717, 1.165) is 0 Å². The van der Waals surface area contributed by atoms with Gasteiger partial charge in [0.1, 0.15) is 18.2 Å². The van der Waals surface area contributed by atoms with Crippen molar-refractivity contribution in [3.63, 3.8) is 0 Å². The third-order valence-electron chi connectivity index (χ3n) is 3.96. The first-order chi connectivity index (χ1) is 12.8. The Labute approximate surface area is 164 Å². The highest BCUT2D eigenvalue weighted by atomic mass is 35.5. The van der Waals surface area contributed by atoms with Crippen molar-refractivity contribution in [2.45, 2.75) is 20.0 Å². The summed E-state index contributed by atoms with van der Waals surface area (Å²) in [5, 5.41) is 3.23. The number of halogens is 3. The van der Waals surface area contributed by atoms with Gasteiger partial charge in [0.2, 0.25) is 5.75 Å². The fraction of sp³-hybridized carbons (Fsp3) is 0.222. The van der Waals surface area contributed by atoms with Crippen molar-refractivity contribution in [1.29, 1.82) is 0 Å². The highest BCUT2D eigenvalue weighted by molar-refractivity contribution is 6.36. The number of amides is 1. The summed E-state index contributed by atoms with van der Waals surface area (Å²) < 4.78 is 25.2. The molecule has 1 amide bonds. The van der Waals surface area contributed by atoms with E-state index in [0.29, 0.717) is 17.5 Å². The molecule has 2 heterocycles. The molecular formula is C18H16Cl2FN3O3. The van der Waals surface area contributed by atoms with Crippen LogP contribution in [-0.2, 0) is 0 Å². The molecule has 0 spiro atoms. The average Bonchev–Trinajstić information content (AvgIpc) is 3.05. The number of nitrogens with two attached hydrogens (primary N) is 1. The number of furan rings is 1. The van der Waals surface area contributed by atoms with Crippen LogP contribution in [0.15, 0.2) is 29.0 Å². The van der Waals surface area contributed by atoms with Crippen LogP contribution in [0, 0.1) is 5.82 Å². The van der Waals surface area contributed by atoms with Gasteiger partial charge >= 0.3 is 0 Å². The smallest absolute Gasteiger partial charge is 0.255 e. The fourth-order valence-corrected chi connectivity index (χ4v) is 3.35. The van der Waals surface area contributed by atoms with Gasteiger partial charge in [-0.1, -0.05) is 23.2 Å². The van der Waals surface area contributed by atoms with E-state index in [1.54, 1.807) is 13.8 Å². The maximum absolute atomic E-state index is 13.8. The predicted molar refractivity (Wildman–Crippen MR) is 102 cm³/mol. The van der Waals surface area contributed by atoms with Crippen LogP contribution in [0.25, 0.3) is 11.0 Å². The second kappa shape index (κ2) is 7.62. The van der Waals surface area contributed by atoms with E-state index >= 15 is 0 Å². The van der Waals surface area contributed by atoms with E-state index in [1.165, 1.54) is 24.6 Å². The summed E-state index contributed by atoms with van der Waals surface area (Å²) in [6.45, 7) is 3.91. The maximum Gasteiger partial charge on any atom is 0.255 e. The van der Waals surface area contributed by atoms with Gasteiger partial charge in [0, 0.05) is 23.3 Å². The lowest BCUT2D eigenvalue weighted by Crippen LogP contribution is -2.22. The van der Waals surface area contributed by atoms with Crippen LogP contribution in [-0.4, -0.2) is 17.4 Å². The van der Waals surface area contributed by atoms with Gasteiger partial charge in [0.05, 0.1) is 16.0 Å². The number of aromatic nitrogens is 1. The second-order valence-corrected chi connectivity index (χ2v) is 6.53. The molecule has 6 nitrogen and oxygen atoms in total. The monoisotopic (exact) mass is 411 g/mol. The maximum atomic E-state index is 13.8. The van der Waals surface area contributed by atoms with Crippen molar-refractivity contribution in [2.24, 2.45) is 0 Å². The lowest BCUT2D eigenvalue weighted by molar-refractivity contribution is 0.0956. The summed E-state index contributed by atoms with van der Waals surface area (Å²) >= 11 is 12.2. The number of nitrogens with zero attached hydrogens (tertiary/aromatic N) is 1. The normalized spacial score (nSPS) is 12.2. The number of fused-ring (bicyclic) bond motifs is 1. The van der Waals surface area contributed by atoms with Gasteiger partial charge in [0.25, 0.3) is 5.91 Å². The Morgan fingerprint density at radius 2 is 2.19 bits per heavy atom. The Kier molecular flexibility index (Phi) is 5.43. The topological polar surface area (TPSA) is 90.4 Å². The quantitative estimate of drug-likeness (QED) is 0.591. The molecule has 1 atom stereocenters. The molecule has 1 aromatic carbocycles. The van der Waals surface area contributed by atoms with E-state index in [1.807, 2.05) is 0 Å². The summed E-state index contributed by atoms with van der Waals surface area (Å²) in [7, 11) is 0. The molecule has 2 aromatic heterocycles. The SMILES string of the molecule is CCNC(=O)c1coc2c(O[C@H](C)c3c(Cl)ccc(F)c3Cl)c(N)ncc12. The lowest BCUT2D eigenvalue weighted by Gasteiger charge is -2.18. The van der Waals surface area contributed by atoms with Gasteiger partial charge in [0.15, 0.2) is 11.4 Å². The highest BCUT2D eigenvalue weighted by Crippen LogP contribution is 2.39. The van der Waals surface area contributed by atoms with Crippen LogP contribution in [0.5, 0.6) is 5.75 Å². The summed E-state index contributed by atoms with van der Waals surface area (Å²) in [5.74, 6) is -0.757. The summed E-state index contributed by atoms with van der Waals surface area (Å²) in [4.78, 5) is 16.2. The number of rotatable bonds is 5. The van der Waals surface area contributed by atoms with Crippen LogP contribution in [0.4, 0.5) is 10.2 Å². The molecule has 3 N–H and O–H groups in total. The Hall–Kier alpha value is -2.51. The number of nitrogen functional groups attached to an aromatic ring is 1. The molecule has 0 bridgehead atoms. The van der Waals surface area contributed by atoms with Crippen molar-refractivity contribution in [2.75, 3.05) is 12.3 Å². The Bertz CT molecular complexity index is 1020. The van der Waals surface area contributed by atoms with E-state index in [9.17, 15) is 9.18 Å². The third-order valence-corrected chi connectivity index (χ3v) is 4.68. The number of benzene rings is 1. The number of nitrogens with one attached hydrogen (secondary N) is 1. The Morgan fingerprint density at radius 3 is 2.89 bits per heavy atom. The molecule has 0 unspecified atom stereocenters. The molecule has 0 aliphatic carbocycles. The number of ether oxygens (including phenoxy) is 1. The van der Waals surface area contributed by atoms with Crippen LogP contribution in [0.2, 0.25) is 10.0 Å². The lowest BCUT2D eigenvalue weighted by atomic mass is 10.1. The van der Waals surface area contributed by atoms with Crippen molar-refractivity contribution in [1.82, 2.24) is 10.3 Å². The molecule has 0 saturated heterocycles. The minimum atomic E-state index is -0.756. The summed E-state index contributed by atoms with van der Waals surface area (Å²) in [6.07, 6.45) is 1.97. The van der Waals surface area contributed by atoms with E-state index in [-0.39, 0.29) is 38.7 Å². The van der Waals surface area contributed by atoms with Crippen molar-refractivity contribution in [3.05, 3.63) is 51.6 Å². The standard InChI is InChI=1S/C18H16Cl2FN3O3/c1-3-23-18(25)10-7-26-15-9(10)6-24-17(22)16(15)27-8(2)13-11(19)4-5-12(21)14(13)20/h4-8H,3H2,1-2H3,(H2,22,24)(H,23,25)/t8-/m1/s1. The minimum absolute atomic E-state index is 0.0507. The zero-order valence-electron chi connectivity index (χ0n) is 14.5. The molecule has 0 aliphatic rings. The van der Waals surface area contributed by atoms with Gasteiger partial charge in [-0.15, -0.1) is 0 Å². The fourth-order valence-electron chi connectivity index (χ4n) is 2.68. The average molecular weight is 412 g/mol. The molecular weight excluding hydrogens is 396 g/mol. The molecule has 0 fully saturated rings. The van der Waals surface area contributed by atoms with Crippen molar-refractivity contribution in [3.8, 4) is 5.75 Å². The first kappa shape index (κ1) is 19.3. The number of hydrogen-bond donors (Lipinski definition) is 2. The number of carbonyl (C=O) groups is 1. The molecule has 142 valence electrons. The summed E-state index contributed by atoms with van der Waals surface area (Å²) in [6, 6.07) is 2.56. The highest BCUT2D eigenvalue weighted by Gasteiger charge is 2.24. The number of pyridine rings is 1. The first-order valence-corrected chi connectivity index (χ1v) is 8.84. The number of carbonyl (C=O) groups excluding carboxylic acids is 1. The van der Waals surface area contributed by atoms with Gasteiger partial charge in [-0.05, 0) is 26.0 Å². The van der Waals surface area contributed by atoms with E-state index in [2.05, 4.69) is 10.3 Å². The van der Waals surface area contributed by atoms with Gasteiger partial charge in [-0.3, -0.25) is 4.79 Å². The van der Waals surface area contributed by atoms with Crippen molar-refractivity contribution >= 4 is 45.9 Å². The van der Waals surface area contributed by atoms with Crippen LogP contribution in [0.1, 0.15) is 35.9 Å². The largest absolute Gasteiger partial charge is 0.478 e. The zero-order valence-corrected chi connectivity index (χ0v) is 16.0. The zero-order chi connectivity index (χ0) is 19.7. The molecule has 9 heteroatoms. The minimum Gasteiger partial charge on any atom is -0.478 e. The van der Waals surface area contributed by atoms with Crippen molar-refractivity contribution < 1.29 is 18.3 Å². The number of hydrogen-bond acceptors (Lipinski definition) is 5. The van der Waals surface area contributed by atoms with Crippen LogP contribution < -0.4 is 15.8 Å². The molecule has 3 aromatic rings. The van der Waals surface area contributed by atoms with Gasteiger partial charge in [-0.2, -0.15) is 0 Å². The van der Waals surface area contributed by atoms with Crippen LogP contribution in [0.3, 0.4) is 0 Å². The first-order valence-electron chi connectivity index (χ1n) is 8.09. The molecule has 0 aliphatic heterocycles. The second-order valence-electron chi connectivity index (χ2n) is 5.74. The Balaban J connectivity index is 2.04. The van der Waals surface area contributed by atoms with E-state index < -0.39 is 11.9 Å². The van der Waals surface area contributed by atoms with Gasteiger partial charge in [-0.25, -0.2) is 9.37 Å². The summed E-state index contributed by atoms with van der Waals surface area (Å²) in [5.41, 5.74) is 6.75. The molecule has 3 rings (SSSR count).